The van der Waals surface area contributed by atoms with E-state index in [1.54, 1.807) is 32.9 Å². The molecule has 22 heteroatoms. The van der Waals surface area contributed by atoms with Crippen molar-refractivity contribution in [3.63, 3.8) is 0 Å². The largest absolute Gasteiger partial charge is 1.00 e. The molecule has 0 atom stereocenters. The van der Waals surface area contributed by atoms with Crippen LogP contribution in [0.2, 0.25) is 0 Å². The molecule has 2 heterocycles. The van der Waals surface area contributed by atoms with E-state index in [0.29, 0.717) is 32.2 Å². The Morgan fingerprint density at radius 1 is 0.581 bits per heavy atom. The van der Waals surface area contributed by atoms with Crippen molar-refractivity contribution in [3.8, 4) is 0 Å². The van der Waals surface area contributed by atoms with Gasteiger partial charge in [-0.25, -0.2) is 34.0 Å². The number of carbonyl (C=O) groups is 2. The number of nitrogens with zero attached hydrogens (tertiary/aromatic N) is 5. The summed E-state index contributed by atoms with van der Waals surface area (Å²) in [5.41, 5.74) is 1.61. The number of rotatable bonds is 15. The molecule has 4 aromatic carbocycles. The molecule has 0 aliphatic carbocycles. The van der Waals surface area contributed by atoms with Crippen LogP contribution in [0.25, 0.3) is 22.1 Å². The Bertz CT molecular complexity index is 2820. The SMILES string of the molecule is CCCS(=O)(=O)N(c1ccc(F)c(C(=O)c2ccc3nccnc3c2)c1)S(=O)(=O)CCC.CCCS(=O)(=O)Nc1ccc(F)c(C(=O)c2ccc3nccnc3c2)c1.CO.[Na+].[OH-]. The number of hydrogen-bond donors (Lipinski definition) is 2. The van der Waals surface area contributed by atoms with Crippen molar-refractivity contribution in [2.45, 2.75) is 40.0 Å². The van der Waals surface area contributed by atoms with E-state index in [2.05, 4.69) is 24.7 Å². The molecule has 0 aliphatic heterocycles. The van der Waals surface area contributed by atoms with E-state index in [1.165, 1.54) is 61.2 Å². The fourth-order valence-corrected chi connectivity index (χ4v) is 10.9. The van der Waals surface area contributed by atoms with E-state index >= 15 is 0 Å². The minimum atomic E-state index is -4.26. The molecular weight excluding hydrogens is 882 g/mol. The van der Waals surface area contributed by atoms with Crippen LogP contribution in [0.1, 0.15) is 71.9 Å². The second-order valence-corrected chi connectivity index (χ2v) is 18.7. The van der Waals surface area contributed by atoms with Gasteiger partial charge in [0.2, 0.25) is 30.1 Å². The topological polar surface area (TPSA) is 254 Å². The second-order valence-electron chi connectivity index (χ2n) is 12.8. The number of carbonyl (C=O) groups excluding carboxylic acids is 2. The van der Waals surface area contributed by atoms with E-state index in [4.69, 9.17) is 5.11 Å². The van der Waals surface area contributed by atoms with Crippen LogP contribution < -0.4 is 38.0 Å². The predicted octanol–water partition coefficient (Wildman–Crippen LogP) is 2.87. The molecule has 0 saturated heterocycles. The van der Waals surface area contributed by atoms with Crippen LogP contribution in [0.15, 0.2) is 97.6 Å². The van der Waals surface area contributed by atoms with E-state index < -0.39 is 70.3 Å². The molecule has 0 radical (unpaired) electrons. The number of anilines is 2. The minimum absolute atomic E-state index is 0. The fraction of sp³-hybridized carbons (Fsp3) is 0.250. The van der Waals surface area contributed by atoms with Crippen molar-refractivity contribution in [1.82, 2.24) is 19.9 Å². The first-order valence-electron chi connectivity index (χ1n) is 18.3. The Hall–Kier alpha value is -4.87. The summed E-state index contributed by atoms with van der Waals surface area (Å²) in [7, 11) is -11.1. The number of aromatic nitrogens is 4. The first-order chi connectivity index (χ1) is 28.5. The van der Waals surface area contributed by atoms with Gasteiger partial charge in [-0.15, -0.1) is 0 Å². The number of nitrogens with one attached hydrogen (secondary N) is 1. The molecular formula is C40H43F2N6NaO10S3. The zero-order valence-corrected chi connectivity index (χ0v) is 38.8. The van der Waals surface area contributed by atoms with E-state index in [9.17, 15) is 43.6 Å². The van der Waals surface area contributed by atoms with Crippen LogP contribution in [-0.2, 0) is 30.1 Å². The smallest absolute Gasteiger partial charge is 0.870 e. The monoisotopic (exact) mass is 924 g/mol. The maximum Gasteiger partial charge on any atom is 1.00 e. The van der Waals surface area contributed by atoms with Crippen LogP contribution >= 0.6 is 0 Å². The van der Waals surface area contributed by atoms with Crippen molar-refractivity contribution in [2.75, 3.05) is 32.8 Å². The molecule has 16 nitrogen and oxygen atoms in total. The van der Waals surface area contributed by atoms with Gasteiger partial charge < -0.3 is 10.6 Å². The number of aliphatic hydroxyl groups is 1. The molecule has 0 fully saturated rings. The van der Waals surface area contributed by atoms with Crippen LogP contribution in [0.5, 0.6) is 0 Å². The Labute approximate surface area is 380 Å². The molecule has 326 valence electrons. The molecule has 6 rings (SSSR count). The van der Waals surface area contributed by atoms with E-state index in [1.807, 2.05) is 0 Å². The van der Waals surface area contributed by atoms with Crippen molar-refractivity contribution in [2.24, 2.45) is 0 Å². The summed E-state index contributed by atoms with van der Waals surface area (Å²) in [6.45, 7) is 4.94. The van der Waals surface area contributed by atoms with E-state index in [-0.39, 0.29) is 81.7 Å². The van der Waals surface area contributed by atoms with Crippen molar-refractivity contribution < 1.29 is 83.8 Å². The van der Waals surface area contributed by atoms with Gasteiger partial charge in [-0.05, 0) is 92.1 Å². The Morgan fingerprint density at radius 3 is 1.42 bits per heavy atom. The Morgan fingerprint density at radius 2 is 0.984 bits per heavy atom. The third-order valence-electron chi connectivity index (χ3n) is 8.26. The third kappa shape index (κ3) is 13.3. The molecule has 0 saturated carbocycles. The number of ketones is 2. The van der Waals surface area contributed by atoms with Gasteiger partial charge >= 0.3 is 29.6 Å². The van der Waals surface area contributed by atoms with Crippen molar-refractivity contribution in [1.29, 1.82) is 0 Å². The van der Waals surface area contributed by atoms with Gasteiger partial charge in [-0.3, -0.25) is 34.2 Å². The van der Waals surface area contributed by atoms with Gasteiger partial charge in [-0.1, -0.05) is 20.8 Å². The quantitative estimate of drug-likeness (QED) is 0.111. The number of fused-ring (bicyclic) bond motifs is 2. The maximum absolute atomic E-state index is 14.6. The van der Waals surface area contributed by atoms with Crippen LogP contribution in [-0.4, -0.2) is 91.7 Å². The first-order valence-corrected chi connectivity index (χ1v) is 23.2. The van der Waals surface area contributed by atoms with Crippen LogP contribution in [0.3, 0.4) is 0 Å². The summed E-state index contributed by atoms with van der Waals surface area (Å²) < 4.78 is 106. The van der Waals surface area contributed by atoms with Gasteiger partial charge in [0.1, 0.15) is 11.6 Å². The standard InChI is InChI=1S/C21H22FN3O5S2.C18H16FN3O3S.CH4O.Na.H2O/c1-3-11-31(27,28)25(32(29,30)12-4-2)16-6-7-18(22)17(14-16)21(26)15-5-8-19-20(13-15)24-10-9-23-19;1-2-9-26(24,25)22-13-4-5-15(19)14(11-13)18(23)12-3-6-16-17(10-12)21-8-7-20-16;1-2;;/h5-10,13-14H,3-4,11-12H2,1-2H3;3-8,10-11,22H,2,9H2,1H3;2H,1H3;;1H2/q;;;+1;/p-1. The normalized spacial score (nSPS) is 11.1. The van der Waals surface area contributed by atoms with Crippen molar-refractivity contribution in [3.05, 3.63) is 131 Å². The number of hydrogen-bond acceptors (Lipinski definition) is 14. The summed E-state index contributed by atoms with van der Waals surface area (Å²) in [4.78, 5) is 42.2. The number of benzene rings is 4. The fourth-order valence-electron chi connectivity index (χ4n) is 5.76. The molecule has 0 aliphatic rings. The van der Waals surface area contributed by atoms with Gasteiger partial charge in [0, 0.05) is 48.7 Å². The molecule has 62 heavy (non-hydrogen) atoms. The molecule has 3 N–H and O–H groups in total. The Balaban J connectivity index is 0.000000405. The summed E-state index contributed by atoms with van der Waals surface area (Å²) >= 11 is 0. The van der Waals surface area contributed by atoms with Crippen molar-refractivity contribution >= 4 is 75.1 Å². The molecule has 0 spiro atoms. The molecule has 2 aromatic heterocycles. The molecule has 0 unspecified atom stereocenters. The summed E-state index contributed by atoms with van der Waals surface area (Å²) in [6.07, 6.45) is 6.80. The average Bonchev–Trinajstić information content (AvgIpc) is 3.22. The summed E-state index contributed by atoms with van der Waals surface area (Å²) in [5, 5.41) is 7.00. The van der Waals surface area contributed by atoms with E-state index in [0.717, 1.165) is 31.4 Å². The molecule has 0 bridgehead atoms. The first kappa shape index (κ1) is 53.3. The van der Waals surface area contributed by atoms with Gasteiger partial charge in [0.15, 0.2) is 11.6 Å². The Kier molecular flexibility index (Phi) is 20.2. The number of halogens is 2. The van der Waals surface area contributed by atoms with Crippen LogP contribution in [0, 0.1) is 11.6 Å². The average molecular weight is 925 g/mol. The minimum Gasteiger partial charge on any atom is -0.870 e. The van der Waals surface area contributed by atoms with Gasteiger partial charge in [-0.2, -0.15) is 3.71 Å². The molecule has 0 amide bonds. The second kappa shape index (κ2) is 23.5. The summed E-state index contributed by atoms with van der Waals surface area (Å²) in [5.74, 6) is -3.83. The van der Waals surface area contributed by atoms with Crippen LogP contribution in [0.4, 0.5) is 20.2 Å². The predicted molar refractivity (Wildman–Crippen MR) is 227 cm³/mol. The zero-order chi connectivity index (χ0) is 44.3. The number of aliphatic hydroxyl groups excluding tert-OH is 1. The third-order valence-corrected chi connectivity index (χ3v) is 14.4. The van der Waals surface area contributed by atoms with Gasteiger partial charge in [0.25, 0.3) is 0 Å². The number of sulfonamides is 3. The maximum atomic E-state index is 14.6. The molecule has 6 aromatic rings. The van der Waals surface area contributed by atoms with Gasteiger partial charge in [0.05, 0.1) is 56.1 Å². The zero-order valence-electron chi connectivity index (χ0n) is 34.4. The summed E-state index contributed by atoms with van der Waals surface area (Å²) in [6, 6.07) is 15.6.